The molecule has 2 unspecified atom stereocenters. The first-order chi connectivity index (χ1) is 14.6. The van der Waals surface area contributed by atoms with Gasteiger partial charge in [0.15, 0.2) is 0 Å². The summed E-state index contributed by atoms with van der Waals surface area (Å²) >= 11 is 9.89. The predicted octanol–water partition coefficient (Wildman–Crippen LogP) is 4.83. The van der Waals surface area contributed by atoms with E-state index in [2.05, 4.69) is 42.9 Å². The molecule has 1 amide bonds. The van der Waals surface area contributed by atoms with Crippen LogP contribution < -0.4 is 4.90 Å². The Hall–Kier alpha value is -2.31. The van der Waals surface area contributed by atoms with E-state index in [-0.39, 0.29) is 17.9 Å². The highest BCUT2D eigenvalue weighted by atomic mass is 79.9. The van der Waals surface area contributed by atoms with Crippen molar-refractivity contribution in [1.82, 2.24) is 14.9 Å². The Labute approximate surface area is 189 Å². The van der Waals surface area contributed by atoms with E-state index >= 15 is 0 Å². The highest BCUT2D eigenvalue weighted by molar-refractivity contribution is 9.10. The van der Waals surface area contributed by atoms with Crippen LogP contribution >= 0.6 is 27.5 Å². The zero-order valence-electron chi connectivity index (χ0n) is 16.4. The van der Waals surface area contributed by atoms with Gasteiger partial charge in [-0.15, -0.1) is 0 Å². The minimum absolute atomic E-state index is 0.0419. The van der Waals surface area contributed by atoms with Gasteiger partial charge in [-0.3, -0.25) is 4.79 Å². The first-order valence-corrected chi connectivity index (χ1v) is 11.4. The lowest BCUT2D eigenvalue weighted by Gasteiger charge is -2.37. The maximum atomic E-state index is 13.7. The van der Waals surface area contributed by atoms with Crippen molar-refractivity contribution < 1.29 is 4.79 Å². The maximum Gasteiger partial charge on any atom is 0.228 e. The lowest BCUT2D eigenvalue weighted by molar-refractivity contribution is -0.137. The van der Waals surface area contributed by atoms with Crippen molar-refractivity contribution in [2.75, 3.05) is 24.5 Å². The van der Waals surface area contributed by atoms with Crippen LogP contribution in [0.25, 0.3) is 0 Å². The molecular weight excluding hydrogens is 464 g/mol. The maximum absolute atomic E-state index is 13.7. The summed E-state index contributed by atoms with van der Waals surface area (Å²) in [5.41, 5.74) is 4.17. The van der Waals surface area contributed by atoms with Gasteiger partial charge < -0.3 is 14.8 Å². The molecule has 2 aromatic carbocycles. The van der Waals surface area contributed by atoms with Crippen LogP contribution in [0.15, 0.2) is 59.3 Å². The summed E-state index contributed by atoms with van der Waals surface area (Å²) < 4.78 is 1.02. The number of halogens is 2. The number of para-hydroxylation sites is 1. The molecule has 3 aromatic rings. The summed E-state index contributed by atoms with van der Waals surface area (Å²) in [5, 5.41) is 0.734. The Morgan fingerprint density at radius 3 is 2.73 bits per heavy atom. The lowest BCUT2D eigenvalue weighted by atomic mass is 9.93. The minimum atomic E-state index is -0.157. The Morgan fingerprint density at radius 1 is 1.13 bits per heavy atom. The average Bonchev–Trinajstić information content (AvgIpc) is 3.43. The topological polar surface area (TPSA) is 52.2 Å². The molecule has 7 heteroatoms. The summed E-state index contributed by atoms with van der Waals surface area (Å²) in [6.45, 7) is 2.22. The summed E-state index contributed by atoms with van der Waals surface area (Å²) in [4.78, 5) is 25.7. The first-order valence-electron chi connectivity index (χ1n) is 10.2. The number of aromatic amines is 1. The van der Waals surface area contributed by atoms with Crippen LogP contribution in [0.3, 0.4) is 0 Å². The molecule has 3 heterocycles. The second kappa shape index (κ2) is 8.08. The third-order valence-corrected chi connectivity index (χ3v) is 6.97. The van der Waals surface area contributed by atoms with Crippen molar-refractivity contribution in [1.29, 1.82) is 0 Å². The second-order valence-electron chi connectivity index (χ2n) is 7.89. The molecule has 1 fully saturated rings. The van der Waals surface area contributed by atoms with Gasteiger partial charge in [-0.1, -0.05) is 51.8 Å². The van der Waals surface area contributed by atoms with Gasteiger partial charge in [-0.25, -0.2) is 4.98 Å². The normalized spacial score (nSPS) is 21.0. The van der Waals surface area contributed by atoms with Gasteiger partial charge in [0, 0.05) is 36.2 Å². The van der Waals surface area contributed by atoms with Gasteiger partial charge in [-0.05, 0) is 36.2 Å². The number of amides is 1. The van der Waals surface area contributed by atoms with Gasteiger partial charge in [-0.2, -0.15) is 0 Å². The number of hydrogen-bond donors (Lipinski definition) is 1. The monoisotopic (exact) mass is 484 g/mol. The highest BCUT2D eigenvalue weighted by Gasteiger charge is 2.39. The number of hydrogen-bond acceptors (Lipinski definition) is 3. The number of rotatable bonds is 3. The molecule has 1 saturated heterocycles. The lowest BCUT2D eigenvalue weighted by Crippen LogP contribution is -2.44. The molecule has 0 aliphatic carbocycles. The smallest absolute Gasteiger partial charge is 0.228 e. The van der Waals surface area contributed by atoms with Gasteiger partial charge in [0.1, 0.15) is 6.04 Å². The van der Waals surface area contributed by atoms with Crippen LogP contribution in [0.2, 0.25) is 5.02 Å². The van der Waals surface area contributed by atoms with E-state index in [9.17, 15) is 4.79 Å². The number of H-pyrrole nitrogens is 1. The van der Waals surface area contributed by atoms with Crippen molar-refractivity contribution in [2.24, 2.45) is 5.92 Å². The van der Waals surface area contributed by atoms with Crippen LogP contribution in [-0.2, 0) is 11.2 Å². The second-order valence-corrected chi connectivity index (χ2v) is 9.21. The molecule has 2 aliphatic heterocycles. The molecule has 2 aliphatic rings. The van der Waals surface area contributed by atoms with Crippen molar-refractivity contribution in [3.8, 4) is 0 Å². The van der Waals surface area contributed by atoms with Crippen molar-refractivity contribution in [3.05, 3.63) is 81.3 Å². The van der Waals surface area contributed by atoms with E-state index in [0.717, 1.165) is 51.5 Å². The molecule has 0 bridgehead atoms. The quantitative estimate of drug-likeness (QED) is 0.578. The highest BCUT2D eigenvalue weighted by Crippen LogP contribution is 2.37. The zero-order chi connectivity index (χ0) is 20.7. The predicted molar refractivity (Wildman–Crippen MR) is 122 cm³/mol. The summed E-state index contributed by atoms with van der Waals surface area (Å²) in [6, 6.07) is 15.9. The molecular formula is C23H22BrClN4O. The molecule has 5 rings (SSSR count). The molecule has 1 N–H and O–H groups in total. The Kier molecular flexibility index (Phi) is 5.29. The number of imidazole rings is 1. The first kappa shape index (κ1) is 19.6. The molecule has 1 aromatic heterocycles. The number of nitrogens with one attached hydrogen (secondary N) is 1. The average molecular weight is 486 g/mol. The number of aromatic nitrogens is 2. The third kappa shape index (κ3) is 3.52. The number of carbonyl (C=O) groups is 1. The van der Waals surface area contributed by atoms with E-state index in [0.29, 0.717) is 13.1 Å². The molecule has 0 radical (unpaired) electrons. The van der Waals surface area contributed by atoms with E-state index in [1.807, 2.05) is 41.3 Å². The van der Waals surface area contributed by atoms with E-state index in [4.69, 9.17) is 11.6 Å². The van der Waals surface area contributed by atoms with E-state index in [1.54, 1.807) is 6.33 Å². The fourth-order valence-corrected chi connectivity index (χ4v) is 5.14. The van der Waals surface area contributed by atoms with Crippen LogP contribution in [0, 0.1) is 5.92 Å². The van der Waals surface area contributed by atoms with Crippen LogP contribution in [0.1, 0.15) is 29.4 Å². The molecule has 0 saturated carbocycles. The van der Waals surface area contributed by atoms with Crippen LogP contribution in [-0.4, -0.2) is 40.4 Å². The van der Waals surface area contributed by atoms with Gasteiger partial charge in [0.05, 0.1) is 28.6 Å². The summed E-state index contributed by atoms with van der Waals surface area (Å²) in [7, 11) is 0. The van der Waals surface area contributed by atoms with Crippen LogP contribution in [0.4, 0.5) is 5.69 Å². The third-order valence-electron chi connectivity index (χ3n) is 6.12. The number of benzene rings is 2. The fraction of sp³-hybridized carbons (Fsp3) is 0.304. The van der Waals surface area contributed by atoms with Gasteiger partial charge >= 0.3 is 0 Å². The summed E-state index contributed by atoms with van der Waals surface area (Å²) in [6.07, 6.45) is 3.37. The number of fused-ring (bicyclic) bond motifs is 1. The van der Waals surface area contributed by atoms with Crippen molar-refractivity contribution in [3.63, 3.8) is 0 Å². The number of anilines is 1. The summed E-state index contributed by atoms with van der Waals surface area (Å²) in [5.74, 6) is 0.158. The number of nitrogens with zero attached hydrogens (tertiary/aromatic N) is 3. The number of carbonyl (C=O) groups excluding carboxylic acids is 1. The van der Waals surface area contributed by atoms with Crippen molar-refractivity contribution in [2.45, 2.75) is 18.9 Å². The molecule has 0 spiro atoms. The van der Waals surface area contributed by atoms with E-state index in [1.165, 1.54) is 0 Å². The molecule has 154 valence electrons. The zero-order valence-corrected chi connectivity index (χ0v) is 18.7. The Morgan fingerprint density at radius 2 is 1.93 bits per heavy atom. The molecule has 30 heavy (non-hydrogen) atoms. The SMILES string of the molecule is O=C(C1CCN(c2ccccc2Cl)C1)N1CCc2[nH]cnc2C1c1ccc(Br)cc1. The van der Waals surface area contributed by atoms with Gasteiger partial charge in [0.25, 0.3) is 0 Å². The molecule has 5 nitrogen and oxygen atoms in total. The largest absolute Gasteiger partial charge is 0.370 e. The van der Waals surface area contributed by atoms with E-state index < -0.39 is 0 Å². The Balaban J connectivity index is 1.42. The fourth-order valence-electron chi connectivity index (χ4n) is 4.62. The standard InChI is InChI=1S/C23H22BrClN4O/c24-17-7-5-15(6-8-17)22-21-19(26-14-27-21)10-12-29(22)23(30)16-9-11-28(13-16)20-4-2-1-3-18(20)25/h1-8,14,16,22H,9-13H2,(H,26,27). The minimum Gasteiger partial charge on any atom is -0.370 e. The van der Waals surface area contributed by atoms with Crippen LogP contribution in [0.5, 0.6) is 0 Å². The van der Waals surface area contributed by atoms with Crippen molar-refractivity contribution >= 4 is 39.1 Å². The van der Waals surface area contributed by atoms with Gasteiger partial charge in [0.2, 0.25) is 5.91 Å². The Bertz CT molecular complexity index is 1070. The molecule has 2 atom stereocenters.